The van der Waals surface area contributed by atoms with Crippen molar-refractivity contribution in [3.05, 3.63) is 12.3 Å². The van der Waals surface area contributed by atoms with E-state index in [1.54, 1.807) is 12.3 Å². The van der Waals surface area contributed by atoms with Gasteiger partial charge in [0.15, 0.2) is 0 Å². The second-order valence-corrected chi connectivity index (χ2v) is 1.72. The van der Waals surface area contributed by atoms with Gasteiger partial charge >= 0.3 is 0 Å². The van der Waals surface area contributed by atoms with E-state index in [0.717, 1.165) is 6.42 Å². The van der Waals surface area contributed by atoms with Gasteiger partial charge in [-0.1, -0.05) is 0 Å². The minimum absolute atomic E-state index is 0.0868. The maximum atomic E-state index is 8.33. The summed E-state index contributed by atoms with van der Waals surface area (Å²) in [6.45, 7) is 0.689. The van der Waals surface area contributed by atoms with Gasteiger partial charge in [-0.25, -0.2) is 0 Å². The zero-order chi connectivity index (χ0) is 5.82. The molecule has 0 radical (unpaired) electrons. The summed E-state index contributed by atoms with van der Waals surface area (Å²) in [6, 6.07) is 2.14. The average Bonchev–Trinajstić information content (AvgIpc) is 1.90. The lowest BCUT2D eigenvalue weighted by Crippen LogP contribution is -2.02. The fourth-order valence-electron chi connectivity index (χ4n) is 0.617. The fourth-order valence-corrected chi connectivity index (χ4v) is 0.617. The van der Waals surface area contributed by atoms with Crippen LogP contribution in [-0.2, 0) is 4.74 Å². The average molecular weight is 109 g/mol. The standard InChI is InChI=1S/C6H7NO/c7-5-6-1-3-8-4-2-6/h1,3,6H,2,4H2. The van der Waals surface area contributed by atoms with Gasteiger partial charge in [0.25, 0.3) is 0 Å². The van der Waals surface area contributed by atoms with Crippen molar-refractivity contribution < 1.29 is 4.74 Å². The van der Waals surface area contributed by atoms with Crippen LogP contribution in [0.5, 0.6) is 0 Å². The van der Waals surface area contributed by atoms with Gasteiger partial charge < -0.3 is 4.74 Å². The van der Waals surface area contributed by atoms with Crippen LogP contribution in [0.2, 0.25) is 0 Å². The molecule has 1 unspecified atom stereocenters. The summed E-state index contributed by atoms with van der Waals surface area (Å²) in [5.74, 6) is 0.0868. The number of rotatable bonds is 0. The molecule has 0 saturated heterocycles. The van der Waals surface area contributed by atoms with E-state index < -0.39 is 0 Å². The van der Waals surface area contributed by atoms with Crippen LogP contribution >= 0.6 is 0 Å². The molecule has 0 aromatic heterocycles. The van der Waals surface area contributed by atoms with Crippen LogP contribution in [0.3, 0.4) is 0 Å². The van der Waals surface area contributed by atoms with Gasteiger partial charge in [0, 0.05) is 6.42 Å². The summed E-state index contributed by atoms with van der Waals surface area (Å²) in [4.78, 5) is 0. The first-order chi connectivity index (χ1) is 3.93. The zero-order valence-corrected chi connectivity index (χ0v) is 4.50. The molecule has 0 spiro atoms. The molecule has 0 N–H and O–H groups in total. The molecule has 1 aliphatic heterocycles. The Morgan fingerprint density at radius 2 is 2.62 bits per heavy atom. The van der Waals surface area contributed by atoms with E-state index in [0.29, 0.717) is 6.61 Å². The Morgan fingerprint density at radius 3 is 3.00 bits per heavy atom. The molecule has 2 nitrogen and oxygen atoms in total. The highest BCUT2D eigenvalue weighted by Crippen LogP contribution is 2.08. The zero-order valence-electron chi connectivity index (χ0n) is 4.50. The van der Waals surface area contributed by atoms with Crippen LogP contribution in [0.4, 0.5) is 0 Å². The Bertz CT molecular complexity index is 134. The maximum Gasteiger partial charge on any atom is 0.0888 e. The Hall–Kier alpha value is -0.970. The van der Waals surface area contributed by atoms with Crippen molar-refractivity contribution in [1.29, 1.82) is 5.26 Å². The summed E-state index contributed by atoms with van der Waals surface area (Å²) < 4.78 is 4.87. The molecule has 0 aromatic rings. The molecule has 0 saturated carbocycles. The molecule has 0 bridgehead atoms. The molecule has 2 heteroatoms. The quantitative estimate of drug-likeness (QED) is 0.466. The van der Waals surface area contributed by atoms with Crippen molar-refractivity contribution in [2.45, 2.75) is 6.42 Å². The molecular weight excluding hydrogens is 102 g/mol. The maximum absolute atomic E-state index is 8.33. The summed E-state index contributed by atoms with van der Waals surface area (Å²) in [6.07, 6.45) is 4.22. The van der Waals surface area contributed by atoms with Crippen molar-refractivity contribution in [1.82, 2.24) is 0 Å². The molecule has 0 aliphatic carbocycles. The van der Waals surface area contributed by atoms with Crippen molar-refractivity contribution in [2.24, 2.45) is 5.92 Å². The second kappa shape index (κ2) is 2.37. The SMILES string of the molecule is N#CC1C=COCC1. The largest absolute Gasteiger partial charge is 0.501 e. The molecule has 0 amide bonds. The Kier molecular flexibility index (Phi) is 1.53. The van der Waals surface area contributed by atoms with Crippen molar-refractivity contribution in [2.75, 3.05) is 6.61 Å². The van der Waals surface area contributed by atoms with E-state index in [1.807, 2.05) is 0 Å². The fraction of sp³-hybridized carbons (Fsp3) is 0.500. The Balaban J connectivity index is 2.46. The highest BCUT2D eigenvalue weighted by atomic mass is 16.5. The predicted octanol–water partition coefficient (Wildman–Crippen LogP) is 1.06. The first-order valence-electron chi connectivity index (χ1n) is 2.61. The van der Waals surface area contributed by atoms with E-state index in [2.05, 4.69) is 6.07 Å². The van der Waals surface area contributed by atoms with Gasteiger partial charge in [-0.2, -0.15) is 5.26 Å². The summed E-state index contributed by atoms with van der Waals surface area (Å²) in [7, 11) is 0. The first kappa shape index (κ1) is 5.17. The van der Waals surface area contributed by atoms with Crippen LogP contribution in [0.25, 0.3) is 0 Å². The third-order valence-corrected chi connectivity index (χ3v) is 1.12. The van der Waals surface area contributed by atoms with Gasteiger partial charge in [0.05, 0.1) is 24.9 Å². The van der Waals surface area contributed by atoms with Gasteiger partial charge in [-0.3, -0.25) is 0 Å². The topological polar surface area (TPSA) is 33.0 Å². The molecule has 0 aromatic carbocycles. The number of nitrogens with zero attached hydrogens (tertiary/aromatic N) is 1. The molecular formula is C6H7NO. The third kappa shape index (κ3) is 1.00. The monoisotopic (exact) mass is 109 g/mol. The van der Waals surface area contributed by atoms with Crippen LogP contribution < -0.4 is 0 Å². The molecule has 0 fully saturated rings. The highest BCUT2D eigenvalue weighted by Gasteiger charge is 2.05. The lowest BCUT2D eigenvalue weighted by atomic mass is 10.1. The molecule has 1 heterocycles. The molecule has 42 valence electrons. The lowest BCUT2D eigenvalue weighted by molar-refractivity contribution is 0.219. The molecule has 1 rings (SSSR count). The lowest BCUT2D eigenvalue weighted by Gasteiger charge is -2.08. The summed E-state index contributed by atoms with van der Waals surface area (Å²) in [5, 5.41) is 8.33. The van der Waals surface area contributed by atoms with Gasteiger partial charge in [-0.15, -0.1) is 0 Å². The van der Waals surface area contributed by atoms with Crippen LogP contribution in [-0.4, -0.2) is 6.61 Å². The minimum Gasteiger partial charge on any atom is -0.501 e. The molecule has 1 atom stereocenters. The third-order valence-electron chi connectivity index (χ3n) is 1.12. The minimum atomic E-state index is 0.0868. The number of nitriles is 1. The summed E-state index contributed by atoms with van der Waals surface area (Å²) in [5.41, 5.74) is 0. The van der Waals surface area contributed by atoms with E-state index in [-0.39, 0.29) is 5.92 Å². The van der Waals surface area contributed by atoms with Crippen molar-refractivity contribution >= 4 is 0 Å². The van der Waals surface area contributed by atoms with E-state index in [1.165, 1.54) is 0 Å². The number of allylic oxidation sites excluding steroid dienone is 1. The number of hydrogen-bond acceptors (Lipinski definition) is 2. The van der Waals surface area contributed by atoms with Crippen molar-refractivity contribution in [3.63, 3.8) is 0 Å². The number of ether oxygens (including phenoxy) is 1. The van der Waals surface area contributed by atoms with Crippen LogP contribution in [0.15, 0.2) is 12.3 Å². The van der Waals surface area contributed by atoms with Crippen LogP contribution in [0, 0.1) is 17.2 Å². The van der Waals surface area contributed by atoms with Gasteiger partial charge in [0.1, 0.15) is 0 Å². The van der Waals surface area contributed by atoms with Crippen molar-refractivity contribution in [3.8, 4) is 6.07 Å². The van der Waals surface area contributed by atoms with E-state index in [4.69, 9.17) is 10.00 Å². The predicted molar refractivity (Wildman–Crippen MR) is 28.8 cm³/mol. The van der Waals surface area contributed by atoms with Crippen LogP contribution in [0.1, 0.15) is 6.42 Å². The smallest absolute Gasteiger partial charge is 0.0888 e. The normalized spacial score (nSPS) is 26.1. The number of hydrogen-bond donors (Lipinski definition) is 0. The second-order valence-electron chi connectivity index (χ2n) is 1.72. The summed E-state index contributed by atoms with van der Waals surface area (Å²) >= 11 is 0. The molecule has 8 heavy (non-hydrogen) atoms. The first-order valence-corrected chi connectivity index (χ1v) is 2.61. The Morgan fingerprint density at radius 1 is 1.75 bits per heavy atom. The van der Waals surface area contributed by atoms with E-state index >= 15 is 0 Å². The van der Waals surface area contributed by atoms with E-state index in [9.17, 15) is 0 Å². The highest BCUT2D eigenvalue weighted by molar-refractivity contribution is 4.99. The van der Waals surface area contributed by atoms with Gasteiger partial charge in [-0.05, 0) is 6.08 Å². The van der Waals surface area contributed by atoms with Gasteiger partial charge in [0.2, 0.25) is 0 Å². The Labute approximate surface area is 48.4 Å². The molecule has 1 aliphatic rings.